The monoisotopic (exact) mass is 347 g/mol. The SMILES string of the molecule is CC(C)C[C@@H]1C(=O)NCCN1S(=O)(=O)CCCN1CCOCC1. The molecule has 2 aliphatic rings. The Labute approximate surface area is 139 Å². The van der Waals surface area contributed by atoms with Gasteiger partial charge in [-0.05, 0) is 25.3 Å². The summed E-state index contributed by atoms with van der Waals surface area (Å²) in [6, 6.07) is -0.558. The molecule has 1 atom stereocenters. The Balaban J connectivity index is 1.91. The van der Waals surface area contributed by atoms with Gasteiger partial charge < -0.3 is 10.1 Å². The van der Waals surface area contributed by atoms with E-state index >= 15 is 0 Å². The van der Waals surface area contributed by atoms with Gasteiger partial charge in [0, 0.05) is 26.2 Å². The van der Waals surface area contributed by atoms with Gasteiger partial charge in [-0.25, -0.2) is 8.42 Å². The van der Waals surface area contributed by atoms with Gasteiger partial charge in [-0.3, -0.25) is 9.69 Å². The molecule has 0 aromatic heterocycles. The highest BCUT2D eigenvalue weighted by Crippen LogP contribution is 2.19. The van der Waals surface area contributed by atoms with E-state index in [-0.39, 0.29) is 17.6 Å². The fourth-order valence-corrected chi connectivity index (χ4v) is 4.78. The van der Waals surface area contributed by atoms with Gasteiger partial charge in [0.15, 0.2) is 0 Å². The second-order valence-corrected chi connectivity index (χ2v) is 8.71. The number of morpholine rings is 1. The van der Waals surface area contributed by atoms with Crippen LogP contribution in [-0.2, 0) is 19.6 Å². The average molecular weight is 347 g/mol. The van der Waals surface area contributed by atoms with Crippen molar-refractivity contribution in [3.8, 4) is 0 Å². The number of carbonyl (C=O) groups is 1. The molecule has 0 aliphatic carbocycles. The second-order valence-electron chi connectivity index (χ2n) is 6.67. The first kappa shape index (κ1) is 18.6. The van der Waals surface area contributed by atoms with E-state index in [2.05, 4.69) is 10.2 Å². The summed E-state index contributed by atoms with van der Waals surface area (Å²) < 4.78 is 32.0. The van der Waals surface area contributed by atoms with Gasteiger partial charge in [0.25, 0.3) is 0 Å². The molecule has 2 fully saturated rings. The normalized spacial score (nSPS) is 24.8. The number of nitrogens with one attached hydrogen (secondary N) is 1. The molecule has 2 heterocycles. The molecule has 0 radical (unpaired) electrons. The number of piperazine rings is 1. The summed E-state index contributed by atoms with van der Waals surface area (Å²) in [5, 5.41) is 2.78. The van der Waals surface area contributed by atoms with E-state index in [1.54, 1.807) is 0 Å². The van der Waals surface area contributed by atoms with Crippen LogP contribution in [0.15, 0.2) is 0 Å². The zero-order chi connectivity index (χ0) is 16.9. The predicted molar refractivity (Wildman–Crippen MR) is 88.6 cm³/mol. The molecule has 7 nitrogen and oxygen atoms in total. The van der Waals surface area contributed by atoms with Gasteiger partial charge in [-0.15, -0.1) is 0 Å². The van der Waals surface area contributed by atoms with Crippen molar-refractivity contribution < 1.29 is 17.9 Å². The van der Waals surface area contributed by atoms with Crippen molar-refractivity contribution >= 4 is 15.9 Å². The van der Waals surface area contributed by atoms with Crippen molar-refractivity contribution in [1.29, 1.82) is 0 Å². The van der Waals surface area contributed by atoms with E-state index < -0.39 is 16.1 Å². The lowest BCUT2D eigenvalue weighted by Gasteiger charge is -2.35. The van der Waals surface area contributed by atoms with Gasteiger partial charge in [0.2, 0.25) is 15.9 Å². The third-order valence-corrected chi connectivity index (χ3v) is 6.27. The summed E-state index contributed by atoms with van der Waals surface area (Å²) in [7, 11) is -3.40. The molecule has 2 aliphatic heterocycles. The van der Waals surface area contributed by atoms with Crippen LogP contribution in [-0.4, -0.2) is 81.3 Å². The molecule has 23 heavy (non-hydrogen) atoms. The summed E-state index contributed by atoms with van der Waals surface area (Å²) in [5.74, 6) is 0.211. The van der Waals surface area contributed by atoms with Crippen LogP contribution in [0.1, 0.15) is 26.7 Å². The molecule has 2 saturated heterocycles. The topological polar surface area (TPSA) is 79.0 Å². The number of sulfonamides is 1. The molecule has 0 aromatic carbocycles. The van der Waals surface area contributed by atoms with E-state index in [0.29, 0.717) is 25.9 Å². The predicted octanol–water partition coefficient (Wildman–Crippen LogP) is -0.115. The fraction of sp³-hybridized carbons (Fsp3) is 0.933. The minimum absolute atomic E-state index is 0.103. The lowest BCUT2D eigenvalue weighted by molar-refractivity contribution is -0.127. The van der Waals surface area contributed by atoms with E-state index in [0.717, 1.165) is 32.8 Å². The van der Waals surface area contributed by atoms with Gasteiger partial charge in [0.05, 0.1) is 19.0 Å². The summed E-state index contributed by atoms with van der Waals surface area (Å²) >= 11 is 0. The van der Waals surface area contributed by atoms with E-state index in [1.807, 2.05) is 13.8 Å². The van der Waals surface area contributed by atoms with Crippen LogP contribution in [0.3, 0.4) is 0 Å². The third-order valence-electron chi connectivity index (χ3n) is 4.31. The largest absolute Gasteiger partial charge is 0.379 e. The minimum Gasteiger partial charge on any atom is -0.379 e. The van der Waals surface area contributed by atoms with Gasteiger partial charge in [-0.1, -0.05) is 13.8 Å². The summed E-state index contributed by atoms with van der Waals surface area (Å²) in [5.41, 5.74) is 0. The molecule has 134 valence electrons. The smallest absolute Gasteiger partial charge is 0.238 e. The van der Waals surface area contributed by atoms with Crippen molar-refractivity contribution in [3.63, 3.8) is 0 Å². The van der Waals surface area contributed by atoms with E-state index in [9.17, 15) is 13.2 Å². The van der Waals surface area contributed by atoms with Gasteiger partial charge >= 0.3 is 0 Å². The van der Waals surface area contributed by atoms with Crippen LogP contribution >= 0.6 is 0 Å². The second kappa shape index (κ2) is 8.41. The minimum atomic E-state index is -3.40. The Morgan fingerprint density at radius 1 is 1.26 bits per heavy atom. The van der Waals surface area contributed by atoms with Crippen molar-refractivity contribution in [2.24, 2.45) is 5.92 Å². The highest BCUT2D eigenvalue weighted by atomic mass is 32.2. The van der Waals surface area contributed by atoms with Crippen LogP contribution < -0.4 is 5.32 Å². The van der Waals surface area contributed by atoms with E-state index in [1.165, 1.54) is 4.31 Å². The molecule has 0 unspecified atom stereocenters. The number of ether oxygens (including phenoxy) is 1. The molecule has 0 aromatic rings. The molecule has 2 rings (SSSR count). The fourth-order valence-electron chi connectivity index (χ4n) is 3.11. The summed E-state index contributed by atoms with van der Waals surface area (Å²) in [6.45, 7) is 8.71. The van der Waals surface area contributed by atoms with Crippen LogP contribution in [0, 0.1) is 5.92 Å². The maximum atomic E-state index is 12.7. The lowest BCUT2D eigenvalue weighted by Crippen LogP contribution is -2.57. The number of hydrogen-bond acceptors (Lipinski definition) is 5. The van der Waals surface area contributed by atoms with Crippen LogP contribution in [0.25, 0.3) is 0 Å². The Morgan fingerprint density at radius 3 is 2.61 bits per heavy atom. The molecular formula is C15H29N3O4S. The zero-order valence-electron chi connectivity index (χ0n) is 14.2. The van der Waals surface area contributed by atoms with Crippen LogP contribution in [0.2, 0.25) is 0 Å². The molecule has 0 saturated carbocycles. The zero-order valence-corrected chi connectivity index (χ0v) is 15.0. The Hall–Kier alpha value is -0.700. The maximum Gasteiger partial charge on any atom is 0.238 e. The quantitative estimate of drug-likeness (QED) is 0.695. The van der Waals surface area contributed by atoms with Gasteiger partial charge in [0.1, 0.15) is 6.04 Å². The summed E-state index contributed by atoms with van der Waals surface area (Å²) in [4.78, 5) is 14.3. The lowest BCUT2D eigenvalue weighted by atomic mass is 10.0. The summed E-state index contributed by atoms with van der Waals surface area (Å²) in [6.07, 6.45) is 1.16. The van der Waals surface area contributed by atoms with Crippen molar-refractivity contribution in [2.75, 3.05) is 51.7 Å². The average Bonchev–Trinajstić information content (AvgIpc) is 2.49. The number of nitrogens with zero attached hydrogens (tertiary/aromatic N) is 2. The first-order chi connectivity index (χ1) is 10.9. The highest BCUT2D eigenvalue weighted by Gasteiger charge is 2.37. The highest BCUT2D eigenvalue weighted by molar-refractivity contribution is 7.89. The number of amides is 1. The van der Waals surface area contributed by atoms with Crippen molar-refractivity contribution in [1.82, 2.24) is 14.5 Å². The van der Waals surface area contributed by atoms with E-state index in [4.69, 9.17) is 4.74 Å². The molecule has 0 bridgehead atoms. The van der Waals surface area contributed by atoms with Gasteiger partial charge in [-0.2, -0.15) is 4.31 Å². The first-order valence-corrected chi connectivity index (χ1v) is 10.1. The standard InChI is InChI=1S/C15H29N3O4S/c1-13(2)12-14-15(19)16-4-6-18(14)23(20,21)11-3-5-17-7-9-22-10-8-17/h13-14H,3-12H2,1-2H3,(H,16,19)/t14-/m1/s1. The van der Waals surface area contributed by atoms with Crippen LogP contribution in [0.5, 0.6) is 0 Å². The number of rotatable bonds is 7. The molecule has 8 heteroatoms. The molecule has 1 amide bonds. The Bertz CT molecular complexity index is 489. The number of carbonyl (C=O) groups excluding carboxylic acids is 1. The maximum absolute atomic E-state index is 12.7. The third kappa shape index (κ3) is 5.41. The van der Waals surface area contributed by atoms with Crippen molar-refractivity contribution in [3.05, 3.63) is 0 Å². The Kier molecular flexibility index (Phi) is 6.82. The number of hydrogen-bond donors (Lipinski definition) is 1. The molecule has 1 N–H and O–H groups in total. The molecular weight excluding hydrogens is 318 g/mol. The van der Waals surface area contributed by atoms with Crippen molar-refractivity contribution in [2.45, 2.75) is 32.7 Å². The first-order valence-electron chi connectivity index (χ1n) is 8.47. The van der Waals surface area contributed by atoms with Crippen LogP contribution in [0.4, 0.5) is 0 Å². The Morgan fingerprint density at radius 2 is 1.96 bits per heavy atom. The molecule has 0 spiro atoms.